The zero-order valence-corrected chi connectivity index (χ0v) is 84.5. The van der Waals surface area contributed by atoms with Gasteiger partial charge >= 0.3 is 24.7 Å². The van der Waals surface area contributed by atoms with E-state index < -0.39 is 113 Å². The van der Waals surface area contributed by atoms with Gasteiger partial charge in [0, 0.05) is 129 Å². The lowest BCUT2D eigenvalue weighted by atomic mass is 9.85. The Labute approximate surface area is 868 Å². The fourth-order valence-corrected chi connectivity index (χ4v) is 18.6. The van der Waals surface area contributed by atoms with E-state index in [1.54, 1.807) is 82.1 Å². The van der Waals surface area contributed by atoms with Gasteiger partial charge in [0.1, 0.15) is 48.4 Å². The van der Waals surface area contributed by atoms with Crippen molar-refractivity contribution in [2.45, 2.75) is 210 Å². The van der Waals surface area contributed by atoms with E-state index in [0.29, 0.717) is 145 Å². The van der Waals surface area contributed by atoms with Crippen molar-refractivity contribution in [3.63, 3.8) is 0 Å². The molecule has 149 heavy (non-hydrogen) atoms. The molecule has 5 fully saturated rings. The standard InChI is InChI=1S/C21H22ClFN4O3.C20H22ClF4N3O2.2C20H20ClF4N3O2.C19H20ClF4N3O2/c1-14-18(22)19(20-24-8-11-30-20)25-27(14)13-17(28)26-9-6-21(29,7-10-26)12-15-2-4-16(23)5-3-15;3*1-13-17(21)18(20(23,24)25)26-28(13)9-6-16(29)27-10-7-19(30,8-11-27)12-14-2-4-15(22)5-3-14;1-12-16(20)17(19(22,23)24)25-27(12)11-15(28)26-8-6-18(29,7-9-26)10-13-2-4-14(21)5-3-13/h2-5,8,11,29H,6-7,9-10,12-13H2,1H3;2-5,30H,6-12H2,1H3;2*2-6,9,30H,7-8,10-12H2,1H3;2-5,29H,6-11H2,1H3/b;;9-6+;9-6-;. The number of aliphatic hydroxyl groups is 5. The van der Waals surface area contributed by atoms with E-state index in [2.05, 4.69) is 30.5 Å². The Bertz CT molecular complexity index is 6360. The lowest BCUT2D eigenvalue weighted by Crippen LogP contribution is -2.48. The van der Waals surface area contributed by atoms with Gasteiger partial charge in [-0.15, -0.1) is 0 Å². The Kier molecular flexibility index (Phi) is 37.6. The molecule has 5 aliphatic rings. The van der Waals surface area contributed by atoms with Crippen LogP contribution < -0.4 is 0 Å². The molecule has 11 heterocycles. The number of alkyl halides is 12. The molecule has 6 aromatic heterocycles. The first-order valence-electron chi connectivity index (χ1n) is 46.8. The Morgan fingerprint density at radius 1 is 0.336 bits per heavy atom. The summed E-state index contributed by atoms with van der Waals surface area (Å²) in [6.45, 7) is 10.2. The van der Waals surface area contributed by atoms with Crippen molar-refractivity contribution >= 4 is 99.9 Å². The maximum absolute atomic E-state index is 13.1. The lowest BCUT2D eigenvalue weighted by Gasteiger charge is -2.38. The summed E-state index contributed by atoms with van der Waals surface area (Å²) in [5, 5.41) is 70.5. The van der Waals surface area contributed by atoms with Gasteiger partial charge < -0.3 is 54.4 Å². The minimum atomic E-state index is -4.70. The van der Waals surface area contributed by atoms with Crippen LogP contribution in [0.15, 0.2) is 150 Å². The third-order valence-electron chi connectivity index (χ3n) is 26.5. The summed E-state index contributed by atoms with van der Waals surface area (Å²) in [5.41, 5.74) is -4.22. The second-order valence-corrected chi connectivity index (χ2v) is 39.2. The molecule has 5 saturated heterocycles. The van der Waals surface area contributed by atoms with Crippen molar-refractivity contribution < 1.29 is 129 Å². The Balaban J connectivity index is 0.000000165. The quantitative estimate of drug-likeness (QED) is 0.0311. The molecule has 0 atom stereocenters. The SMILES string of the molecule is Cc1c(Cl)c(-c2ncco2)nn1CC(=O)N1CCC(O)(Cc2ccc(F)cc2)CC1.Cc1c(Cl)c(C(F)(F)F)nn1/C=C/C(=O)N1CCC(O)(Cc2ccc(F)cc2)CC1.Cc1c(Cl)c(C(F)(F)F)nn1/C=C\C(=O)N1CCC(O)(Cc2ccc(F)cc2)CC1.Cc1c(Cl)c(C(F)(F)F)nn1CC(=O)N1CCC(O)(Cc2ccc(F)cc2)CC1.Cc1c(Cl)c(C(F)(F)F)nn1CCC(=O)N1CCC(O)(Cc2ccc(F)cc2)CC1. The van der Waals surface area contributed by atoms with Gasteiger partial charge in [-0.3, -0.25) is 38.0 Å². The van der Waals surface area contributed by atoms with Crippen molar-refractivity contribution in [3.8, 4) is 11.6 Å². The van der Waals surface area contributed by atoms with Crippen LogP contribution in [0.1, 0.15) is 150 Å². The van der Waals surface area contributed by atoms with Gasteiger partial charge in [0.25, 0.3) is 0 Å². The maximum atomic E-state index is 13.1. The molecular formula is C100H104Cl5F17N16O11. The highest BCUT2D eigenvalue weighted by molar-refractivity contribution is 6.34. The fraction of sp³-hybridized carbons (Fsp3) is 0.430. The minimum absolute atomic E-state index is 0.0170. The van der Waals surface area contributed by atoms with Gasteiger partial charge in [-0.25, -0.2) is 36.3 Å². The highest BCUT2D eigenvalue weighted by Gasteiger charge is 2.45. The first-order valence-corrected chi connectivity index (χ1v) is 48.7. The van der Waals surface area contributed by atoms with Gasteiger partial charge in [0.15, 0.2) is 28.5 Å². The van der Waals surface area contributed by atoms with E-state index in [-0.39, 0.29) is 129 Å². The largest absolute Gasteiger partial charge is 0.443 e. The van der Waals surface area contributed by atoms with E-state index >= 15 is 0 Å². The average Bonchev–Trinajstić information content (AvgIpc) is 1.73. The zero-order valence-electron chi connectivity index (χ0n) is 80.7. The number of aryl methyl sites for hydroxylation is 1. The molecule has 5 aliphatic heterocycles. The molecule has 0 unspecified atom stereocenters. The number of carbonyl (C=O) groups is 5. The molecule has 5 amide bonds. The van der Waals surface area contributed by atoms with Crippen LogP contribution in [0.3, 0.4) is 0 Å². The number of aromatic nitrogens is 11. The van der Waals surface area contributed by atoms with Crippen molar-refractivity contribution in [2.24, 2.45) is 0 Å². The van der Waals surface area contributed by atoms with E-state index in [0.717, 1.165) is 71.1 Å². The van der Waals surface area contributed by atoms with Crippen molar-refractivity contribution in [1.29, 1.82) is 0 Å². The third kappa shape index (κ3) is 31.0. The van der Waals surface area contributed by atoms with Gasteiger partial charge in [-0.1, -0.05) is 119 Å². The number of oxazole rings is 1. The molecule has 49 heteroatoms. The number of halogens is 22. The molecule has 0 bridgehead atoms. The number of hydrogen-bond donors (Lipinski definition) is 5. The molecule has 0 radical (unpaired) electrons. The van der Waals surface area contributed by atoms with Gasteiger partial charge in [0.2, 0.25) is 35.4 Å². The molecule has 27 nitrogen and oxygen atoms in total. The van der Waals surface area contributed by atoms with Crippen LogP contribution in [0.25, 0.3) is 24.0 Å². The highest BCUT2D eigenvalue weighted by atomic mass is 35.5. The predicted molar refractivity (Wildman–Crippen MR) is 515 cm³/mol. The number of nitrogens with zero attached hydrogens (tertiary/aromatic N) is 16. The Morgan fingerprint density at radius 2 is 0.577 bits per heavy atom. The van der Waals surface area contributed by atoms with Crippen LogP contribution in [-0.2, 0) is 100 Å². The number of amides is 5. The van der Waals surface area contributed by atoms with Crippen molar-refractivity contribution in [3.05, 3.63) is 279 Å². The summed E-state index contributed by atoms with van der Waals surface area (Å²) in [7, 11) is 0. The number of benzene rings is 5. The van der Waals surface area contributed by atoms with Gasteiger partial charge in [-0.05, 0) is 187 Å². The molecule has 0 aliphatic carbocycles. The molecule has 0 spiro atoms. The monoisotopic (exact) mass is 2200 g/mol. The summed E-state index contributed by atoms with van der Waals surface area (Å²) in [6, 6.07) is 29.7. The normalized spacial score (nSPS) is 16.7. The second-order valence-electron chi connectivity index (χ2n) is 37.3. The number of likely N-dealkylation sites (tertiary alicyclic amines) is 5. The van der Waals surface area contributed by atoms with Gasteiger partial charge in [-0.2, -0.15) is 78.2 Å². The van der Waals surface area contributed by atoms with E-state index in [1.165, 1.54) is 116 Å². The number of carbonyl (C=O) groups excluding carboxylic acids is 5. The van der Waals surface area contributed by atoms with Gasteiger partial charge in [0.05, 0.1) is 94.3 Å². The van der Waals surface area contributed by atoms with Crippen LogP contribution in [-0.4, -0.2) is 227 Å². The smallest absolute Gasteiger partial charge is 0.436 e. The molecule has 5 aromatic carbocycles. The Hall–Kier alpha value is -11.8. The van der Waals surface area contributed by atoms with Crippen LogP contribution in [0.5, 0.6) is 0 Å². The summed E-state index contributed by atoms with van der Waals surface area (Å²) in [6.07, 6.45) is -5.90. The third-order valence-corrected chi connectivity index (χ3v) is 28.7. The van der Waals surface area contributed by atoms with Crippen molar-refractivity contribution in [1.82, 2.24) is 78.4 Å². The second kappa shape index (κ2) is 48.3. The highest BCUT2D eigenvalue weighted by Crippen LogP contribution is 2.42. The Morgan fingerprint density at radius 3 is 0.839 bits per heavy atom. The molecule has 0 saturated carbocycles. The summed E-state index contributed by atoms with van der Waals surface area (Å²) in [4.78, 5) is 74.4. The van der Waals surface area contributed by atoms with Crippen LogP contribution in [0.2, 0.25) is 25.1 Å². The first-order chi connectivity index (χ1) is 69.8. The summed E-state index contributed by atoms with van der Waals surface area (Å²) < 4.78 is 231. The maximum Gasteiger partial charge on any atom is 0.436 e. The first kappa shape index (κ1) is 116. The zero-order chi connectivity index (χ0) is 109. The topological polar surface area (TPSA) is 318 Å². The predicted octanol–water partition coefficient (Wildman–Crippen LogP) is 19.0. The number of rotatable bonds is 22. The molecule has 804 valence electrons. The van der Waals surface area contributed by atoms with Crippen LogP contribution in [0.4, 0.5) is 74.6 Å². The summed E-state index contributed by atoms with van der Waals surface area (Å²) in [5.74, 6) is -2.93. The summed E-state index contributed by atoms with van der Waals surface area (Å²) >= 11 is 29.1. The molecule has 11 aromatic rings. The van der Waals surface area contributed by atoms with E-state index in [4.69, 9.17) is 62.4 Å². The number of hydrogen-bond acceptors (Lipinski definition) is 17. The fourth-order valence-electron chi connectivity index (χ4n) is 17.5. The molecule has 5 N–H and O–H groups in total. The molecular weight excluding hydrogens is 2100 g/mol. The van der Waals surface area contributed by atoms with Crippen molar-refractivity contribution in [2.75, 3.05) is 65.4 Å². The van der Waals surface area contributed by atoms with Crippen LogP contribution in [0, 0.1) is 63.7 Å². The minimum Gasteiger partial charge on any atom is -0.443 e. The molecule has 16 rings (SSSR count). The average molecular weight is 2210 g/mol. The van der Waals surface area contributed by atoms with E-state index in [9.17, 15) is 124 Å². The number of piperidine rings is 5. The van der Waals surface area contributed by atoms with E-state index in [1.807, 2.05) is 0 Å². The van der Waals surface area contributed by atoms with Crippen LogP contribution >= 0.6 is 58.0 Å². The lowest BCUT2D eigenvalue weighted by molar-refractivity contribution is -0.142.